The van der Waals surface area contributed by atoms with Crippen LogP contribution in [0.1, 0.15) is 44.6 Å². The quantitative estimate of drug-likeness (QED) is 0.792. The van der Waals surface area contributed by atoms with Crippen LogP contribution in [-0.2, 0) is 6.42 Å². The van der Waals surface area contributed by atoms with Gasteiger partial charge in [-0.25, -0.2) is 0 Å². The molecule has 0 heterocycles. The van der Waals surface area contributed by atoms with Gasteiger partial charge < -0.3 is 10.1 Å². The summed E-state index contributed by atoms with van der Waals surface area (Å²) >= 11 is 3.68. The van der Waals surface area contributed by atoms with E-state index in [9.17, 15) is 0 Å². The summed E-state index contributed by atoms with van der Waals surface area (Å²) in [6.07, 6.45) is 7.95. The SMILES string of the molecule is CCC1CCCC(C(Cc2cc(OC)ccc2Br)NC)C1. The predicted octanol–water partition coefficient (Wildman–Crippen LogP) is 4.80. The molecule has 2 nitrogen and oxygen atoms in total. The first-order valence-corrected chi connectivity index (χ1v) is 8.96. The lowest BCUT2D eigenvalue weighted by atomic mass is 9.75. The number of methoxy groups -OCH3 is 1. The Bertz CT molecular complexity index is 449. The molecule has 0 amide bonds. The maximum Gasteiger partial charge on any atom is 0.119 e. The molecule has 21 heavy (non-hydrogen) atoms. The number of rotatable bonds is 6. The molecule has 1 N–H and O–H groups in total. The number of nitrogens with one attached hydrogen (secondary N) is 1. The van der Waals surface area contributed by atoms with E-state index in [0.29, 0.717) is 6.04 Å². The van der Waals surface area contributed by atoms with Gasteiger partial charge in [-0.1, -0.05) is 42.1 Å². The molecule has 2 rings (SSSR count). The summed E-state index contributed by atoms with van der Waals surface area (Å²) in [5, 5.41) is 3.57. The summed E-state index contributed by atoms with van der Waals surface area (Å²) < 4.78 is 6.55. The Labute approximate surface area is 137 Å². The highest BCUT2D eigenvalue weighted by Gasteiger charge is 2.27. The van der Waals surface area contributed by atoms with Gasteiger partial charge in [-0.2, -0.15) is 0 Å². The average Bonchev–Trinajstić information content (AvgIpc) is 2.54. The fraction of sp³-hybridized carbons (Fsp3) is 0.667. The van der Waals surface area contributed by atoms with Crippen LogP contribution in [-0.4, -0.2) is 20.2 Å². The highest BCUT2D eigenvalue weighted by atomic mass is 79.9. The van der Waals surface area contributed by atoms with E-state index in [2.05, 4.69) is 47.4 Å². The molecule has 1 aromatic rings. The largest absolute Gasteiger partial charge is 0.497 e. The average molecular weight is 354 g/mol. The minimum absolute atomic E-state index is 0.558. The number of ether oxygens (including phenoxy) is 1. The molecule has 1 saturated carbocycles. The zero-order valence-corrected chi connectivity index (χ0v) is 15.1. The Morgan fingerprint density at radius 1 is 1.38 bits per heavy atom. The molecular weight excluding hydrogens is 326 g/mol. The fourth-order valence-electron chi connectivity index (χ4n) is 3.64. The van der Waals surface area contributed by atoms with Gasteiger partial charge in [-0.05, 0) is 61.9 Å². The molecule has 0 spiro atoms. The number of hydrogen-bond donors (Lipinski definition) is 1. The predicted molar refractivity (Wildman–Crippen MR) is 93.0 cm³/mol. The van der Waals surface area contributed by atoms with Crippen LogP contribution in [0.5, 0.6) is 5.75 Å². The van der Waals surface area contributed by atoms with Crippen molar-refractivity contribution in [2.75, 3.05) is 14.2 Å². The summed E-state index contributed by atoms with van der Waals surface area (Å²) in [6.45, 7) is 2.33. The summed E-state index contributed by atoms with van der Waals surface area (Å²) in [6, 6.07) is 6.82. The second kappa shape index (κ2) is 8.19. The summed E-state index contributed by atoms with van der Waals surface area (Å²) in [4.78, 5) is 0. The monoisotopic (exact) mass is 353 g/mol. The molecule has 0 aromatic heterocycles. The summed E-state index contributed by atoms with van der Waals surface area (Å²) in [7, 11) is 3.84. The van der Waals surface area contributed by atoms with Gasteiger partial charge in [0.1, 0.15) is 5.75 Å². The highest BCUT2D eigenvalue weighted by molar-refractivity contribution is 9.10. The lowest BCUT2D eigenvalue weighted by Crippen LogP contribution is -2.38. The van der Waals surface area contributed by atoms with Crippen LogP contribution in [0, 0.1) is 11.8 Å². The lowest BCUT2D eigenvalue weighted by molar-refractivity contribution is 0.212. The molecular formula is C18H28BrNO. The van der Waals surface area contributed by atoms with Crippen LogP contribution in [0.4, 0.5) is 0 Å². The van der Waals surface area contributed by atoms with E-state index in [1.807, 2.05) is 6.07 Å². The van der Waals surface area contributed by atoms with Crippen molar-refractivity contribution in [1.29, 1.82) is 0 Å². The maximum absolute atomic E-state index is 5.36. The highest BCUT2D eigenvalue weighted by Crippen LogP contribution is 2.34. The molecule has 0 bridgehead atoms. The molecule has 1 aromatic carbocycles. The summed E-state index contributed by atoms with van der Waals surface area (Å²) in [5.41, 5.74) is 1.34. The number of likely N-dealkylation sites (N-methyl/N-ethyl adjacent to an activating group) is 1. The van der Waals surface area contributed by atoms with Crippen molar-refractivity contribution < 1.29 is 4.74 Å². The molecule has 1 aliphatic rings. The van der Waals surface area contributed by atoms with Gasteiger partial charge >= 0.3 is 0 Å². The Kier molecular flexibility index (Phi) is 6.56. The van der Waals surface area contributed by atoms with Gasteiger partial charge in [0.25, 0.3) is 0 Å². The van der Waals surface area contributed by atoms with E-state index in [1.165, 1.54) is 42.1 Å². The van der Waals surface area contributed by atoms with E-state index in [-0.39, 0.29) is 0 Å². The van der Waals surface area contributed by atoms with E-state index < -0.39 is 0 Å². The zero-order chi connectivity index (χ0) is 15.2. The molecule has 3 atom stereocenters. The first kappa shape index (κ1) is 16.8. The summed E-state index contributed by atoms with van der Waals surface area (Å²) in [5.74, 6) is 2.67. The number of halogens is 1. The minimum Gasteiger partial charge on any atom is -0.497 e. The van der Waals surface area contributed by atoms with Crippen molar-refractivity contribution >= 4 is 15.9 Å². The lowest BCUT2D eigenvalue weighted by Gasteiger charge is -2.34. The van der Waals surface area contributed by atoms with Crippen molar-refractivity contribution in [3.05, 3.63) is 28.2 Å². The molecule has 0 aliphatic heterocycles. The minimum atomic E-state index is 0.558. The second-order valence-corrected chi connectivity index (χ2v) is 7.11. The van der Waals surface area contributed by atoms with Gasteiger partial charge in [0.05, 0.1) is 7.11 Å². The smallest absolute Gasteiger partial charge is 0.119 e. The van der Waals surface area contributed by atoms with Crippen molar-refractivity contribution in [3.63, 3.8) is 0 Å². The zero-order valence-electron chi connectivity index (χ0n) is 13.5. The molecule has 1 fully saturated rings. The van der Waals surface area contributed by atoms with Gasteiger partial charge in [0, 0.05) is 10.5 Å². The Hall–Kier alpha value is -0.540. The van der Waals surface area contributed by atoms with Crippen LogP contribution >= 0.6 is 15.9 Å². The topological polar surface area (TPSA) is 21.3 Å². The van der Waals surface area contributed by atoms with Crippen LogP contribution in [0.25, 0.3) is 0 Å². The molecule has 118 valence electrons. The standard InChI is InChI=1S/C18H28BrNO/c1-4-13-6-5-7-14(10-13)18(20-2)12-15-11-16(21-3)8-9-17(15)19/h8-9,11,13-14,18,20H,4-7,10,12H2,1-3H3. The maximum atomic E-state index is 5.36. The third-order valence-corrected chi connectivity index (χ3v) is 5.81. The first-order valence-electron chi connectivity index (χ1n) is 8.17. The van der Waals surface area contributed by atoms with Gasteiger partial charge in [0.2, 0.25) is 0 Å². The molecule has 3 unspecified atom stereocenters. The van der Waals surface area contributed by atoms with Crippen LogP contribution < -0.4 is 10.1 Å². The third-order valence-electron chi connectivity index (χ3n) is 5.03. The van der Waals surface area contributed by atoms with Gasteiger partial charge in [0.15, 0.2) is 0 Å². The van der Waals surface area contributed by atoms with Crippen LogP contribution in [0.2, 0.25) is 0 Å². The van der Waals surface area contributed by atoms with Crippen molar-refractivity contribution in [1.82, 2.24) is 5.32 Å². The van der Waals surface area contributed by atoms with Crippen molar-refractivity contribution in [2.24, 2.45) is 11.8 Å². The normalized spacial score (nSPS) is 23.8. The van der Waals surface area contributed by atoms with E-state index in [1.54, 1.807) is 7.11 Å². The molecule has 0 saturated heterocycles. The Balaban J connectivity index is 2.08. The Morgan fingerprint density at radius 3 is 2.86 bits per heavy atom. The van der Waals surface area contributed by atoms with Gasteiger partial charge in [-0.3, -0.25) is 0 Å². The van der Waals surface area contributed by atoms with Crippen LogP contribution in [0.3, 0.4) is 0 Å². The fourth-order valence-corrected chi connectivity index (χ4v) is 4.05. The van der Waals surface area contributed by atoms with Gasteiger partial charge in [-0.15, -0.1) is 0 Å². The van der Waals surface area contributed by atoms with Crippen molar-refractivity contribution in [3.8, 4) is 5.75 Å². The number of benzene rings is 1. The van der Waals surface area contributed by atoms with E-state index in [0.717, 1.165) is 24.0 Å². The second-order valence-electron chi connectivity index (χ2n) is 6.26. The van der Waals surface area contributed by atoms with E-state index in [4.69, 9.17) is 4.74 Å². The van der Waals surface area contributed by atoms with Crippen LogP contribution in [0.15, 0.2) is 22.7 Å². The Morgan fingerprint density at radius 2 is 2.19 bits per heavy atom. The molecule has 1 aliphatic carbocycles. The third kappa shape index (κ3) is 4.46. The first-order chi connectivity index (χ1) is 10.2. The number of hydrogen-bond acceptors (Lipinski definition) is 2. The molecule has 0 radical (unpaired) electrons. The van der Waals surface area contributed by atoms with E-state index >= 15 is 0 Å². The molecule has 3 heteroatoms. The van der Waals surface area contributed by atoms with Crippen molar-refractivity contribution in [2.45, 2.75) is 51.5 Å².